The molecule has 0 bridgehead atoms. The summed E-state index contributed by atoms with van der Waals surface area (Å²) in [5, 5.41) is 4.53. The van der Waals surface area contributed by atoms with Crippen molar-refractivity contribution in [3.05, 3.63) is 96.6 Å². The van der Waals surface area contributed by atoms with Gasteiger partial charge in [-0.05, 0) is 36.1 Å². The molecule has 0 amide bonds. The number of nitrogens with zero attached hydrogens (tertiary/aromatic N) is 2. The third-order valence-electron chi connectivity index (χ3n) is 7.55. The fourth-order valence-electron chi connectivity index (χ4n) is 5.25. The van der Waals surface area contributed by atoms with Gasteiger partial charge in [0.05, 0.1) is 20.3 Å². The van der Waals surface area contributed by atoms with E-state index in [9.17, 15) is 0 Å². The minimum Gasteiger partial charge on any atom is -1.00 e. The fraction of sp³-hybridized carbons (Fsp3) is 0.361. The Bertz CT molecular complexity index is 1610. The van der Waals surface area contributed by atoms with Crippen LogP contribution in [0, 0.1) is 11.8 Å². The predicted molar refractivity (Wildman–Crippen MR) is 167 cm³/mol. The molecule has 6 heteroatoms. The first-order valence-electron chi connectivity index (χ1n) is 14.8. The summed E-state index contributed by atoms with van der Waals surface area (Å²) in [5.74, 6) is 3.99. The quantitative estimate of drug-likeness (QED) is 0.171. The van der Waals surface area contributed by atoms with Crippen molar-refractivity contribution in [2.24, 2.45) is 11.8 Å². The van der Waals surface area contributed by atoms with Crippen LogP contribution in [-0.2, 0) is 13.1 Å². The summed E-state index contributed by atoms with van der Waals surface area (Å²) < 4.78 is 23.1. The second kappa shape index (κ2) is 14.6. The van der Waals surface area contributed by atoms with Crippen LogP contribution in [-0.4, -0.2) is 24.9 Å². The molecule has 0 spiro atoms. The number of imidazole rings is 1. The van der Waals surface area contributed by atoms with Crippen LogP contribution in [0.1, 0.15) is 51.7 Å². The van der Waals surface area contributed by atoms with Crippen molar-refractivity contribution in [3.63, 3.8) is 0 Å². The molecule has 5 aromatic rings. The van der Waals surface area contributed by atoms with E-state index >= 15 is 0 Å². The van der Waals surface area contributed by atoms with Crippen LogP contribution in [0.3, 0.4) is 0 Å². The third kappa shape index (κ3) is 7.46. The zero-order chi connectivity index (χ0) is 28.8. The maximum absolute atomic E-state index is 6.51. The highest BCUT2D eigenvalue weighted by Crippen LogP contribution is 2.37. The molecule has 0 aliphatic carbocycles. The van der Waals surface area contributed by atoms with Crippen molar-refractivity contribution in [2.75, 3.05) is 20.3 Å². The van der Waals surface area contributed by atoms with Crippen LogP contribution in [0.25, 0.3) is 21.5 Å². The number of halogens is 1. The molecule has 0 N–H and O–H groups in total. The molecule has 1 aromatic heterocycles. The lowest BCUT2D eigenvalue weighted by molar-refractivity contribution is -0.687. The van der Waals surface area contributed by atoms with Crippen molar-refractivity contribution >= 4 is 21.5 Å². The van der Waals surface area contributed by atoms with Gasteiger partial charge < -0.3 is 31.2 Å². The Hall–Kier alpha value is -3.51. The molecule has 0 aliphatic heterocycles. The second-order valence-electron chi connectivity index (χ2n) is 11.7. The van der Waals surface area contributed by atoms with Crippen molar-refractivity contribution in [3.8, 4) is 17.2 Å². The number of hydrogen-bond donors (Lipinski definition) is 0. The third-order valence-corrected chi connectivity index (χ3v) is 7.55. The summed E-state index contributed by atoms with van der Waals surface area (Å²) in [6.07, 6.45) is 8.43. The van der Waals surface area contributed by atoms with E-state index in [1.54, 1.807) is 7.11 Å². The van der Waals surface area contributed by atoms with E-state index in [1.807, 2.05) is 0 Å². The lowest BCUT2D eigenvalue weighted by Gasteiger charge is -2.18. The Balaban J connectivity index is 0.00000405. The molecule has 0 aliphatic rings. The molecule has 5 rings (SSSR count). The second-order valence-corrected chi connectivity index (χ2v) is 11.7. The SMILES string of the molecule is COc1c(Cn2cc[n+](Cc3cc(OCCC(C)C)c4ccccc4c3OCCC(C)C)c2)ccc2ccccc12.[Br-]. The van der Waals surface area contributed by atoms with E-state index in [2.05, 4.69) is 122 Å². The first kappa shape index (κ1) is 31.4. The average molecular weight is 632 g/mol. The van der Waals surface area contributed by atoms with E-state index in [0.29, 0.717) is 31.6 Å². The predicted octanol–water partition coefficient (Wildman–Crippen LogP) is 5.04. The lowest BCUT2D eigenvalue weighted by Crippen LogP contribution is -3.00. The van der Waals surface area contributed by atoms with E-state index in [1.165, 1.54) is 5.39 Å². The molecule has 0 radical (unpaired) electrons. The summed E-state index contributed by atoms with van der Waals surface area (Å²) in [4.78, 5) is 0. The molecule has 0 saturated carbocycles. The average Bonchev–Trinajstić information content (AvgIpc) is 3.40. The number of methoxy groups -OCH3 is 1. The minimum atomic E-state index is 0. The standard InChI is InChI=1S/C36H43N2O3.BrH/c1-26(2)16-20-40-34-22-30(36(41-21-17-27(3)4)33-13-9-8-12-32(33)34)24-38-19-18-37(25-38)23-29-15-14-28-10-6-7-11-31(28)35(29)39-5;/h6-15,18-19,22,25-27H,16-17,20-21,23-24H2,1-5H3;1H/q+1;/p-1. The monoisotopic (exact) mass is 630 g/mol. The fourth-order valence-corrected chi connectivity index (χ4v) is 5.25. The summed E-state index contributed by atoms with van der Waals surface area (Å²) >= 11 is 0. The Labute approximate surface area is 260 Å². The highest BCUT2D eigenvalue weighted by molar-refractivity contribution is 5.94. The van der Waals surface area contributed by atoms with Crippen molar-refractivity contribution in [2.45, 2.75) is 53.6 Å². The van der Waals surface area contributed by atoms with Gasteiger partial charge in [-0.3, -0.25) is 0 Å². The highest BCUT2D eigenvalue weighted by Gasteiger charge is 2.18. The van der Waals surface area contributed by atoms with Crippen molar-refractivity contribution in [1.29, 1.82) is 0 Å². The normalized spacial score (nSPS) is 11.3. The topological polar surface area (TPSA) is 36.5 Å². The van der Waals surface area contributed by atoms with Crippen molar-refractivity contribution < 1.29 is 35.8 Å². The van der Waals surface area contributed by atoms with Crippen LogP contribution in [0.4, 0.5) is 0 Å². The lowest BCUT2D eigenvalue weighted by atomic mass is 10.0. The molecule has 5 nitrogen and oxygen atoms in total. The zero-order valence-corrected chi connectivity index (χ0v) is 27.1. The molecule has 0 unspecified atom stereocenters. The van der Waals surface area contributed by atoms with Crippen molar-refractivity contribution in [1.82, 2.24) is 4.57 Å². The van der Waals surface area contributed by atoms with E-state index in [0.717, 1.165) is 63.9 Å². The van der Waals surface area contributed by atoms with Gasteiger partial charge in [0, 0.05) is 27.3 Å². The largest absolute Gasteiger partial charge is 1.00 e. The summed E-state index contributed by atoms with van der Waals surface area (Å²) in [6, 6.07) is 23.3. The van der Waals surface area contributed by atoms with Crippen LogP contribution in [0.5, 0.6) is 17.2 Å². The van der Waals surface area contributed by atoms with Gasteiger partial charge >= 0.3 is 0 Å². The van der Waals surface area contributed by atoms with Crippen LogP contribution in [0.15, 0.2) is 85.5 Å². The van der Waals surface area contributed by atoms with Gasteiger partial charge in [-0.1, -0.05) is 88.4 Å². The van der Waals surface area contributed by atoms with Gasteiger partial charge in [-0.25, -0.2) is 9.13 Å². The number of aromatic nitrogens is 2. The smallest absolute Gasteiger partial charge is 0.244 e. The molecule has 0 atom stereocenters. The van der Waals surface area contributed by atoms with E-state index in [4.69, 9.17) is 14.2 Å². The Kier molecular flexibility index (Phi) is 10.9. The molecular weight excluding hydrogens is 588 g/mol. The molecule has 4 aromatic carbocycles. The number of benzene rings is 4. The molecule has 42 heavy (non-hydrogen) atoms. The van der Waals surface area contributed by atoms with Crippen LogP contribution < -0.4 is 35.8 Å². The summed E-state index contributed by atoms with van der Waals surface area (Å²) in [6.45, 7) is 11.7. The van der Waals surface area contributed by atoms with Gasteiger partial charge in [-0.15, -0.1) is 0 Å². The molecule has 222 valence electrons. The van der Waals surface area contributed by atoms with Gasteiger partial charge in [-0.2, -0.15) is 0 Å². The van der Waals surface area contributed by atoms with E-state index in [-0.39, 0.29) is 17.0 Å². The van der Waals surface area contributed by atoms with E-state index < -0.39 is 0 Å². The first-order chi connectivity index (χ1) is 19.9. The van der Waals surface area contributed by atoms with Gasteiger partial charge in [0.25, 0.3) is 0 Å². The highest BCUT2D eigenvalue weighted by atomic mass is 79.9. The van der Waals surface area contributed by atoms with Gasteiger partial charge in [0.1, 0.15) is 42.7 Å². The zero-order valence-electron chi connectivity index (χ0n) is 25.5. The maximum atomic E-state index is 6.51. The number of hydrogen-bond acceptors (Lipinski definition) is 3. The number of rotatable bonds is 13. The Morgan fingerprint density at radius 2 is 1.40 bits per heavy atom. The minimum absolute atomic E-state index is 0. The van der Waals surface area contributed by atoms with Crippen LogP contribution >= 0.6 is 0 Å². The number of ether oxygens (including phenoxy) is 3. The summed E-state index contributed by atoms with van der Waals surface area (Å²) in [7, 11) is 1.75. The Morgan fingerprint density at radius 3 is 2.12 bits per heavy atom. The molecular formula is C36H43BrN2O3. The molecule has 0 fully saturated rings. The van der Waals surface area contributed by atoms with Gasteiger partial charge in [0.15, 0.2) is 0 Å². The number of fused-ring (bicyclic) bond motifs is 2. The Morgan fingerprint density at radius 1 is 0.738 bits per heavy atom. The maximum Gasteiger partial charge on any atom is 0.244 e. The van der Waals surface area contributed by atoms with Crippen LogP contribution in [0.2, 0.25) is 0 Å². The molecule has 0 saturated heterocycles. The molecule has 1 heterocycles. The van der Waals surface area contributed by atoms with Gasteiger partial charge in [0.2, 0.25) is 6.33 Å². The summed E-state index contributed by atoms with van der Waals surface area (Å²) in [5.41, 5.74) is 2.27. The first-order valence-corrected chi connectivity index (χ1v) is 14.8.